The predicted octanol–water partition coefficient (Wildman–Crippen LogP) is 8.74. The van der Waals surface area contributed by atoms with Gasteiger partial charge in [-0.25, -0.2) is 0 Å². The van der Waals surface area contributed by atoms with Gasteiger partial charge >= 0.3 is 21.2 Å². The molecule has 2 aromatic carbocycles. The van der Waals surface area contributed by atoms with Crippen LogP contribution in [0.3, 0.4) is 0 Å². The maximum Gasteiger partial charge on any atom is 0.357 e. The Bertz CT molecular complexity index is 680. The molecule has 2 rings (SSSR count). The molecule has 0 aliphatic heterocycles. The highest BCUT2D eigenvalue weighted by Gasteiger charge is 2.15. The first kappa shape index (κ1) is 32.4. The fourth-order valence-electron chi connectivity index (χ4n) is 5.19. The largest absolute Gasteiger partial charge is 0.357 e. The van der Waals surface area contributed by atoms with Gasteiger partial charge in [0.2, 0.25) is 0 Å². The van der Waals surface area contributed by atoms with Crippen LogP contribution in [0.25, 0.3) is 0 Å². The zero-order chi connectivity index (χ0) is 26.2. The lowest BCUT2D eigenvalue weighted by Gasteiger charge is -2.03. The minimum atomic E-state index is -0.0574. The summed E-state index contributed by atoms with van der Waals surface area (Å²) in [5.74, 6) is 0. The van der Waals surface area contributed by atoms with Gasteiger partial charge in [-0.1, -0.05) is 154 Å². The molecule has 0 aromatic heterocycles. The van der Waals surface area contributed by atoms with Crippen molar-refractivity contribution >= 4 is 0 Å². The topological polar surface area (TPSA) is 0 Å². The molecule has 37 heavy (non-hydrogen) atoms. The number of hydrogen-bond acceptors (Lipinski definition) is 0. The van der Waals surface area contributed by atoms with E-state index in [1.807, 2.05) is 0 Å². The summed E-state index contributed by atoms with van der Waals surface area (Å²) in [6.45, 7) is 4.60. The predicted molar refractivity (Wildman–Crippen MR) is 161 cm³/mol. The van der Waals surface area contributed by atoms with E-state index in [4.69, 9.17) is 0 Å². The number of halogens is 1. The normalized spacial score (nSPS) is 11.3. The van der Waals surface area contributed by atoms with Crippen molar-refractivity contribution in [2.75, 3.05) is 0 Å². The third kappa shape index (κ3) is 17.4. The molecule has 1 heteroatoms. The summed E-state index contributed by atoms with van der Waals surface area (Å²) in [7, 11) is 0. The van der Waals surface area contributed by atoms with Crippen LogP contribution in [0.2, 0.25) is 0 Å². The summed E-state index contributed by atoms with van der Waals surface area (Å²) in [5, 5.41) is 0. The summed E-state index contributed by atoms with van der Waals surface area (Å²) >= 11 is -0.0574. The Labute approximate surface area is 242 Å². The number of aryl methyl sites for hydroxylation is 2. The van der Waals surface area contributed by atoms with Crippen molar-refractivity contribution < 1.29 is 21.2 Å². The van der Waals surface area contributed by atoms with E-state index in [1.54, 1.807) is 7.14 Å². The second kappa shape index (κ2) is 23.1. The van der Waals surface area contributed by atoms with Crippen LogP contribution in [0.4, 0.5) is 0 Å². The van der Waals surface area contributed by atoms with Crippen molar-refractivity contribution in [1.29, 1.82) is 0 Å². The molecule has 0 radical (unpaired) electrons. The molecule has 0 aliphatic rings. The average molecular weight is 618 g/mol. The zero-order valence-electron chi connectivity index (χ0n) is 24.6. The van der Waals surface area contributed by atoms with E-state index >= 15 is 0 Å². The van der Waals surface area contributed by atoms with Crippen molar-refractivity contribution in [3.05, 3.63) is 66.8 Å². The SMILES string of the molecule is CCCCCCCCCCCCc1ccc([I+]c2ccc(CCCCCCCCCCCC)cc2)cc1. The van der Waals surface area contributed by atoms with Crippen LogP contribution in [-0.4, -0.2) is 0 Å². The fourth-order valence-corrected chi connectivity index (χ4v) is 7.34. The molecule has 0 saturated carbocycles. The molecule has 0 heterocycles. The van der Waals surface area contributed by atoms with Gasteiger partial charge in [0.15, 0.2) is 7.14 Å². The Kier molecular flexibility index (Phi) is 20.2. The molecule has 0 saturated heterocycles. The standard InChI is InChI=1S/C36H58I/c1-3-5-7-9-11-13-15-17-19-21-23-33-25-29-35(30-26-33)37-36-31-27-34(28-32-36)24-22-20-18-16-14-12-10-8-6-4-2/h25-32H,3-24H2,1-2H3/q+1. The van der Waals surface area contributed by atoms with E-state index in [1.165, 1.54) is 152 Å². The number of unbranched alkanes of at least 4 members (excludes halogenated alkanes) is 18. The summed E-state index contributed by atoms with van der Waals surface area (Å²) in [5.41, 5.74) is 3.05. The second-order valence-corrected chi connectivity index (χ2v) is 14.2. The van der Waals surface area contributed by atoms with Crippen LogP contribution in [-0.2, 0) is 12.8 Å². The zero-order valence-corrected chi connectivity index (χ0v) is 26.7. The summed E-state index contributed by atoms with van der Waals surface area (Å²) in [6.07, 6.45) is 30.9. The van der Waals surface area contributed by atoms with Gasteiger partial charge in [0.1, 0.15) is 0 Å². The average Bonchev–Trinajstić information content (AvgIpc) is 2.92. The molecule has 0 bridgehead atoms. The molecule has 0 N–H and O–H groups in total. The summed E-state index contributed by atoms with van der Waals surface area (Å²) < 4.78 is 3.10. The van der Waals surface area contributed by atoms with Crippen molar-refractivity contribution in [1.82, 2.24) is 0 Å². The second-order valence-electron chi connectivity index (χ2n) is 11.2. The van der Waals surface area contributed by atoms with Gasteiger partial charge in [0.05, 0.1) is 0 Å². The van der Waals surface area contributed by atoms with Crippen LogP contribution in [0.5, 0.6) is 0 Å². The molecule has 0 nitrogen and oxygen atoms in total. The van der Waals surface area contributed by atoms with E-state index in [0.717, 1.165) is 0 Å². The van der Waals surface area contributed by atoms with E-state index in [2.05, 4.69) is 62.4 Å². The Hall–Kier alpha value is -0.830. The van der Waals surface area contributed by atoms with E-state index in [-0.39, 0.29) is 21.2 Å². The minimum Gasteiger partial charge on any atom is -0.0654 e. The maximum atomic E-state index is 2.40. The Morgan fingerprint density at radius 3 is 0.919 bits per heavy atom. The first-order chi connectivity index (χ1) is 18.3. The third-order valence-corrected chi connectivity index (χ3v) is 10.4. The van der Waals surface area contributed by atoms with Gasteiger partial charge in [-0.3, -0.25) is 0 Å². The van der Waals surface area contributed by atoms with Gasteiger partial charge in [-0.2, -0.15) is 0 Å². The van der Waals surface area contributed by atoms with Crippen molar-refractivity contribution in [3.63, 3.8) is 0 Å². The number of hydrogen-bond donors (Lipinski definition) is 0. The highest BCUT2D eigenvalue weighted by atomic mass is 127. The Balaban J connectivity index is 1.51. The lowest BCUT2D eigenvalue weighted by Crippen LogP contribution is -3.61. The highest BCUT2D eigenvalue weighted by Crippen LogP contribution is 2.13. The summed E-state index contributed by atoms with van der Waals surface area (Å²) in [6, 6.07) is 19.2. The first-order valence-electron chi connectivity index (χ1n) is 16.1. The van der Waals surface area contributed by atoms with Gasteiger partial charge in [-0.15, -0.1) is 0 Å². The van der Waals surface area contributed by atoms with Gasteiger partial charge in [0, 0.05) is 0 Å². The Morgan fingerprint density at radius 2 is 0.622 bits per heavy atom. The Morgan fingerprint density at radius 1 is 0.351 bits per heavy atom. The summed E-state index contributed by atoms with van der Waals surface area (Å²) in [4.78, 5) is 0. The fraction of sp³-hybridized carbons (Fsp3) is 0.667. The van der Waals surface area contributed by atoms with Gasteiger partial charge in [-0.05, 0) is 61.1 Å². The minimum absolute atomic E-state index is 0.0574. The third-order valence-electron chi connectivity index (χ3n) is 7.68. The van der Waals surface area contributed by atoms with E-state index in [9.17, 15) is 0 Å². The number of benzene rings is 2. The molecule has 0 spiro atoms. The molecular weight excluding hydrogens is 559 g/mol. The van der Waals surface area contributed by atoms with Crippen molar-refractivity contribution in [2.24, 2.45) is 0 Å². The van der Waals surface area contributed by atoms with Crippen molar-refractivity contribution in [2.45, 2.75) is 155 Å². The maximum absolute atomic E-state index is 2.40. The van der Waals surface area contributed by atoms with E-state index < -0.39 is 0 Å². The molecule has 0 fully saturated rings. The van der Waals surface area contributed by atoms with Crippen LogP contribution in [0.15, 0.2) is 48.5 Å². The van der Waals surface area contributed by atoms with Crippen LogP contribution < -0.4 is 21.2 Å². The molecule has 0 atom stereocenters. The number of rotatable bonds is 24. The molecule has 208 valence electrons. The molecular formula is C36H58I+. The monoisotopic (exact) mass is 617 g/mol. The van der Waals surface area contributed by atoms with Gasteiger partial charge in [0.25, 0.3) is 0 Å². The van der Waals surface area contributed by atoms with Crippen LogP contribution in [0.1, 0.15) is 153 Å². The van der Waals surface area contributed by atoms with Crippen molar-refractivity contribution in [3.8, 4) is 0 Å². The molecule has 0 amide bonds. The quantitative estimate of drug-likeness (QED) is 0.0817. The molecule has 0 unspecified atom stereocenters. The van der Waals surface area contributed by atoms with Crippen LogP contribution in [0, 0.1) is 7.14 Å². The first-order valence-corrected chi connectivity index (χ1v) is 18.3. The lowest BCUT2D eigenvalue weighted by molar-refractivity contribution is -0.597. The smallest absolute Gasteiger partial charge is 0.0654 e. The van der Waals surface area contributed by atoms with Crippen LogP contribution >= 0.6 is 0 Å². The van der Waals surface area contributed by atoms with E-state index in [0.29, 0.717) is 0 Å². The molecule has 2 aromatic rings. The molecule has 0 aliphatic carbocycles. The van der Waals surface area contributed by atoms with Gasteiger partial charge < -0.3 is 0 Å². The lowest BCUT2D eigenvalue weighted by atomic mass is 10.0. The highest BCUT2D eigenvalue weighted by molar-refractivity contribution is 5.16.